The molecule has 0 bridgehead atoms. The summed E-state index contributed by atoms with van der Waals surface area (Å²) in [6.45, 7) is 0.733. The highest BCUT2D eigenvalue weighted by atomic mass is 79.9. The first-order valence-electron chi connectivity index (χ1n) is 5.14. The highest BCUT2D eigenvalue weighted by Gasteiger charge is 2.23. The predicted octanol–water partition coefficient (Wildman–Crippen LogP) is 2.74. The molecule has 15 heavy (non-hydrogen) atoms. The molecule has 3 heteroatoms. The molecule has 0 saturated carbocycles. The van der Waals surface area contributed by atoms with E-state index in [-0.39, 0.29) is 11.9 Å². The molecule has 0 aliphatic carbocycles. The van der Waals surface area contributed by atoms with Crippen molar-refractivity contribution in [1.82, 2.24) is 0 Å². The average molecular weight is 269 g/mol. The predicted molar refractivity (Wildman–Crippen MR) is 61.8 cm³/mol. The average Bonchev–Trinajstić information content (AvgIpc) is 2.74. The van der Waals surface area contributed by atoms with Gasteiger partial charge in [-0.2, -0.15) is 0 Å². The highest BCUT2D eigenvalue weighted by Crippen LogP contribution is 2.16. The van der Waals surface area contributed by atoms with Crippen molar-refractivity contribution in [2.24, 2.45) is 0 Å². The summed E-state index contributed by atoms with van der Waals surface area (Å²) in [5, 5.41) is 0. The van der Waals surface area contributed by atoms with Crippen molar-refractivity contribution in [1.29, 1.82) is 0 Å². The number of rotatable bonds is 3. The first kappa shape index (κ1) is 10.8. The minimum absolute atomic E-state index is 0.159. The lowest BCUT2D eigenvalue weighted by atomic mass is 10.0. The van der Waals surface area contributed by atoms with Gasteiger partial charge < -0.3 is 4.74 Å². The fourth-order valence-corrected chi connectivity index (χ4v) is 2.01. The summed E-state index contributed by atoms with van der Waals surface area (Å²) in [4.78, 5) is 11.8. The molecule has 1 heterocycles. The maximum atomic E-state index is 11.8. The first-order valence-corrected chi connectivity index (χ1v) is 5.94. The lowest BCUT2D eigenvalue weighted by Gasteiger charge is -2.07. The summed E-state index contributed by atoms with van der Waals surface area (Å²) in [6, 6.07) is 7.85. The van der Waals surface area contributed by atoms with Gasteiger partial charge in [-0.3, -0.25) is 4.79 Å². The minimum Gasteiger partial charge on any atom is -0.370 e. The molecule has 0 spiro atoms. The van der Waals surface area contributed by atoms with Crippen LogP contribution < -0.4 is 0 Å². The molecule has 80 valence electrons. The van der Waals surface area contributed by atoms with Crippen LogP contribution in [0.25, 0.3) is 0 Å². The van der Waals surface area contributed by atoms with E-state index in [9.17, 15) is 4.79 Å². The van der Waals surface area contributed by atoms with Gasteiger partial charge in [0.25, 0.3) is 0 Å². The second-order valence-corrected chi connectivity index (χ2v) is 4.69. The third kappa shape index (κ3) is 2.89. The maximum Gasteiger partial charge on any atom is 0.165 e. The van der Waals surface area contributed by atoms with Gasteiger partial charge in [0, 0.05) is 17.5 Å². The van der Waals surface area contributed by atoms with Gasteiger partial charge in [0.2, 0.25) is 0 Å². The van der Waals surface area contributed by atoms with Gasteiger partial charge in [-0.05, 0) is 30.5 Å². The van der Waals surface area contributed by atoms with Crippen LogP contribution in [0.3, 0.4) is 0 Å². The van der Waals surface area contributed by atoms with Gasteiger partial charge in [-0.15, -0.1) is 0 Å². The number of ketones is 1. The van der Waals surface area contributed by atoms with Crippen LogP contribution in [0.1, 0.15) is 18.4 Å². The Balaban J connectivity index is 1.96. The summed E-state index contributed by atoms with van der Waals surface area (Å²) in [5.41, 5.74) is 1.05. The zero-order valence-corrected chi connectivity index (χ0v) is 10.00. The molecule has 1 saturated heterocycles. The second kappa shape index (κ2) is 4.90. The van der Waals surface area contributed by atoms with Gasteiger partial charge >= 0.3 is 0 Å². The number of hydrogen-bond donors (Lipinski definition) is 0. The topological polar surface area (TPSA) is 26.3 Å². The summed E-state index contributed by atoms with van der Waals surface area (Å²) >= 11 is 3.37. The van der Waals surface area contributed by atoms with Crippen LogP contribution >= 0.6 is 15.9 Å². The van der Waals surface area contributed by atoms with Crippen molar-refractivity contribution in [2.45, 2.75) is 25.4 Å². The van der Waals surface area contributed by atoms with Crippen LogP contribution in [0.4, 0.5) is 0 Å². The molecular formula is C12H13BrO2. The number of hydrogen-bond acceptors (Lipinski definition) is 2. The quantitative estimate of drug-likeness (QED) is 0.843. The minimum atomic E-state index is -0.159. The van der Waals surface area contributed by atoms with Crippen LogP contribution in [0.2, 0.25) is 0 Å². The molecule has 1 aliphatic rings. The Morgan fingerprint density at radius 2 is 2.13 bits per heavy atom. The van der Waals surface area contributed by atoms with Gasteiger partial charge in [-0.1, -0.05) is 28.1 Å². The van der Waals surface area contributed by atoms with E-state index in [4.69, 9.17) is 4.74 Å². The molecule has 2 nitrogen and oxygen atoms in total. The smallest absolute Gasteiger partial charge is 0.165 e. The Bertz CT molecular complexity index is 339. The zero-order chi connectivity index (χ0) is 10.7. The first-order chi connectivity index (χ1) is 7.25. The fraction of sp³-hybridized carbons (Fsp3) is 0.417. The third-order valence-electron chi connectivity index (χ3n) is 2.58. The summed E-state index contributed by atoms with van der Waals surface area (Å²) in [5.74, 6) is 0.204. The van der Waals surface area contributed by atoms with Crippen molar-refractivity contribution in [2.75, 3.05) is 6.61 Å². The molecule has 1 aromatic carbocycles. The van der Waals surface area contributed by atoms with E-state index in [0.717, 1.165) is 29.5 Å². The molecule has 1 atom stereocenters. The van der Waals surface area contributed by atoms with E-state index in [1.165, 1.54) is 0 Å². The van der Waals surface area contributed by atoms with Crippen molar-refractivity contribution >= 4 is 21.7 Å². The molecule has 1 fully saturated rings. The van der Waals surface area contributed by atoms with Gasteiger partial charge in [0.05, 0.1) is 0 Å². The van der Waals surface area contributed by atoms with E-state index in [0.29, 0.717) is 6.42 Å². The van der Waals surface area contributed by atoms with Crippen LogP contribution in [-0.2, 0) is 16.0 Å². The van der Waals surface area contributed by atoms with E-state index < -0.39 is 0 Å². The van der Waals surface area contributed by atoms with Crippen molar-refractivity contribution in [3.8, 4) is 0 Å². The van der Waals surface area contributed by atoms with E-state index >= 15 is 0 Å². The van der Waals surface area contributed by atoms with E-state index in [2.05, 4.69) is 15.9 Å². The van der Waals surface area contributed by atoms with Crippen molar-refractivity contribution in [3.63, 3.8) is 0 Å². The summed E-state index contributed by atoms with van der Waals surface area (Å²) in [6.07, 6.45) is 2.22. The monoisotopic (exact) mass is 268 g/mol. The van der Waals surface area contributed by atoms with Crippen molar-refractivity contribution < 1.29 is 9.53 Å². The molecule has 0 amide bonds. The zero-order valence-electron chi connectivity index (χ0n) is 8.41. The highest BCUT2D eigenvalue weighted by molar-refractivity contribution is 9.10. The third-order valence-corrected chi connectivity index (χ3v) is 3.11. The van der Waals surface area contributed by atoms with Crippen LogP contribution in [0, 0.1) is 0 Å². The number of benzene rings is 1. The number of carbonyl (C=O) groups excluding carboxylic acids is 1. The summed E-state index contributed by atoms with van der Waals surface area (Å²) < 4.78 is 6.39. The molecule has 1 aliphatic heterocycles. The number of carbonyl (C=O) groups is 1. The lowest BCUT2D eigenvalue weighted by molar-refractivity contribution is -0.127. The Morgan fingerprint density at radius 3 is 2.73 bits per heavy atom. The molecule has 2 rings (SSSR count). The number of halogens is 1. The Kier molecular flexibility index (Phi) is 3.54. The van der Waals surface area contributed by atoms with Gasteiger partial charge in [0.15, 0.2) is 5.78 Å². The van der Waals surface area contributed by atoms with E-state index in [1.807, 2.05) is 24.3 Å². The Labute approximate surface area is 97.8 Å². The van der Waals surface area contributed by atoms with Crippen molar-refractivity contribution in [3.05, 3.63) is 34.3 Å². The molecule has 0 N–H and O–H groups in total. The SMILES string of the molecule is O=C(Cc1ccc(Br)cc1)C1CCCO1. The fourth-order valence-electron chi connectivity index (χ4n) is 1.75. The Morgan fingerprint density at radius 1 is 1.40 bits per heavy atom. The molecule has 0 aromatic heterocycles. The molecule has 0 radical (unpaired) electrons. The largest absolute Gasteiger partial charge is 0.370 e. The Hall–Kier alpha value is -0.670. The standard InChI is InChI=1S/C12H13BrO2/c13-10-5-3-9(4-6-10)8-11(14)12-2-1-7-15-12/h3-6,12H,1-2,7-8H2. The maximum absolute atomic E-state index is 11.8. The van der Waals surface area contributed by atoms with Gasteiger partial charge in [-0.25, -0.2) is 0 Å². The van der Waals surface area contributed by atoms with Gasteiger partial charge in [0.1, 0.15) is 6.10 Å². The molecule has 1 aromatic rings. The lowest BCUT2D eigenvalue weighted by Crippen LogP contribution is -2.21. The molecular weight excluding hydrogens is 256 g/mol. The summed E-state index contributed by atoms with van der Waals surface area (Å²) in [7, 11) is 0. The van der Waals surface area contributed by atoms with E-state index in [1.54, 1.807) is 0 Å². The molecule has 1 unspecified atom stereocenters. The van der Waals surface area contributed by atoms with Crippen LogP contribution in [0.15, 0.2) is 28.7 Å². The normalized spacial score (nSPS) is 20.5. The van der Waals surface area contributed by atoms with Crippen LogP contribution in [0.5, 0.6) is 0 Å². The van der Waals surface area contributed by atoms with Crippen LogP contribution in [-0.4, -0.2) is 18.5 Å². The second-order valence-electron chi connectivity index (χ2n) is 3.77. The number of Topliss-reactive ketones (excluding diaryl/α,β-unsaturated/α-hetero) is 1. The number of ether oxygens (including phenoxy) is 1.